The van der Waals surface area contributed by atoms with Crippen LogP contribution in [0.15, 0.2) is 45.3 Å². The van der Waals surface area contributed by atoms with Gasteiger partial charge in [0.2, 0.25) is 5.91 Å². The number of anilines is 1. The van der Waals surface area contributed by atoms with Gasteiger partial charge >= 0.3 is 0 Å². The molecule has 0 saturated carbocycles. The lowest BCUT2D eigenvalue weighted by atomic mass is 10.1. The zero-order valence-electron chi connectivity index (χ0n) is 13.9. The fourth-order valence-electron chi connectivity index (χ4n) is 2.19. The molecule has 0 heterocycles. The van der Waals surface area contributed by atoms with Gasteiger partial charge in [-0.05, 0) is 58.2 Å². The molecule has 7 heteroatoms. The number of likely N-dealkylation sites (N-methyl/N-ethyl adjacent to an activating group) is 1. The van der Waals surface area contributed by atoms with Gasteiger partial charge in [-0.25, -0.2) is 0 Å². The van der Waals surface area contributed by atoms with Crippen LogP contribution in [0.5, 0.6) is 5.75 Å². The van der Waals surface area contributed by atoms with Crippen molar-refractivity contribution in [3.05, 3.63) is 56.5 Å². The molecule has 0 aliphatic heterocycles. The minimum absolute atomic E-state index is 0.0550. The summed E-state index contributed by atoms with van der Waals surface area (Å²) < 4.78 is 7.33. The number of hydrogen-bond donors (Lipinski definition) is 2. The zero-order chi connectivity index (χ0) is 18.4. The third-order valence-electron chi connectivity index (χ3n) is 3.42. The molecule has 2 aromatic rings. The molecule has 2 amide bonds. The first-order valence-corrected chi connectivity index (χ1v) is 9.15. The van der Waals surface area contributed by atoms with Gasteiger partial charge in [0.1, 0.15) is 5.75 Å². The lowest BCUT2D eigenvalue weighted by Crippen LogP contribution is -2.21. The van der Waals surface area contributed by atoms with Gasteiger partial charge in [0, 0.05) is 17.2 Å². The van der Waals surface area contributed by atoms with Crippen molar-refractivity contribution in [2.24, 2.45) is 0 Å². The number of aryl methyl sites for hydroxylation is 1. The van der Waals surface area contributed by atoms with Crippen molar-refractivity contribution in [2.75, 3.05) is 19.0 Å². The Morgan fingerprint density at radius 1 is 1.08 bits per heavy atom. The lowest BCUT2D eigenvalue weighted by molar-refractivity contribution is -0.120. The summed E-state index contributed by atoms with van der Waals surface area (Å²) >= 11 is 6.84. The molecule has 0 spiro atoms. The van der Waals surface area contributed by atoms with Gasteiger partial charge in [-0.1, -0.05) is 28.1 Å². The minimum atomic E-state index is -0.256. The summed E-state index contributed by atoms with van der Waals surface area (Å²) in [7, 11) is 1.60. The van der Waals surface area contributed by atoms with Crippen LogP contribution < -0.4 is 15.4 Å². The second kappa shape index (κ2) is 9.01. The van der Waals surface area contributed by atoms with Gasteiger partial charge in [0.05, 0.1) is 10.9 Å². The molecule has 0 saturated heterocycles. The van der Waals surface area contributed by atoms with E-state index in [9.17, 15) is 9.59 Å². The maximum absolute atomic E-state index is 12.1. The average Bonchev–Trinajstić information content (AvgIpc) is 2.55. The van der Waals surface area contributed by atoms with E-state index in [1.165, 1.54) is 0 Å². The molecule has 132 valence electrons. The molecular weight excluding hydrogens is 452 g/mol. The molecule has 0 atom stereocenters. The molecule has 0 aromatic heterocycles. The van der Waals surface area contributed by atoms with Crippen LogP contribution in [-0.4, -0.2) is 25.5 Å². The van der Waals surface area contributed by atoms with Crippen molar-refractivity contribution < 1.29 is 14.3 Å². The van der Waals surface area contributed by atoms with Crippen LogP contribution in [0.4, 0.5) is 5.69 Å². The van der Waals surface area contributed by atoms with Crippen LogP contribution in [0.1, 0.15) is 11.1 Å². The first-order valence-electron chi connectivity index (χ1n) is 7.57. The number of halogens is 2. The van der Waals surface area contributed by atoms with Crippen LogP contribution >= 0.6 is 31.9 Å². The largest absolute Gasteiger partial charge is 0.482 e. The molecule has 0 unspecified atom stereocenters. The molecule has 2 rings (SSSR count). The van der Waals surface area contributed by atoms with Crippen LogP contribution in [0.25, 0.3) is 0 Å². The van der Waals surface area contributed by atoms with E-state index in [2.05, 4.69) is 42.5 Å². The van der Waals surface area contributed by atoms with Crippen molar-refractivity contribution in [2.45, 2.75) is 13.3 Å². The van der Waals surface area contributed by atoms with Gasteiger partial charge in [-0.15, -0.1) is 0 Å². The Balaban J connectivity index is 1.91. The van der Waals surface area contributed by atoms with E-state index in [-0.39, 0.29) is 18.4 Å². The van der Waals surface area contributed by atoms with E-state index in [0.717, 1.165) is 20.1 Å². The molecule has 0 aliphatic rings. The fourth-order valence-corrected chi connectivity index (χ4v) is 3.74. The summed E-state index contributed by atoms with van der Waals surface area (Å²) in [4.78, 5) is 23.4. The molecule has 0 aliphatic carbocycles. The number of amides is 2. The van der Waals surface area contributed by atoms with Gasteiger partial charge in [0.15, 0.2) is 6.61 Å². The summed E-state index contributed by atoms with van der Waals surface area (Å²) in [5.74, 6) is 0.327. The summed E-state index contributed by atoms with van der Waals surface area (Å²) in [5, 5.41) is 5.34. The van der Waals surface area contributed by atoms with Crippen LogP contribution in [-0.2, 0) is 16.0 Å². The van der Waals surface area contributed by atoms with Crippen molar-refractivity contribution in [1.82, 2.24) is 5.32 Å². The summed E-state index contributed by atoms with van der Waals surface area (Å²) in [6.07, 6.45) is 0.310. The Morgan fingerprint density at radius 3 is 2.36 bits per heavy atom. The second-order valence-corrected chi connectivity index (χ2v) is 7.19. The first kappa shape index (κ1) is 19.5. The molecule has 25 heavy (non-hydrogen) atoms. The minimum Gasteiger partial charge on any atom is -0.482 e. The van der Waals surface area contributed by atoms with E-state index >= 15 is 0 Å². The quantitative estimate of drug-likeness (QED) is 0.675. The number of ether oxygens (including phenoxy) is 1. The van der Waals surface area contributed by atoms with Crippen LogP contribution in [0, 0.1) is 6.92 Å². The lowest BCUT2D eigenvalue weighted by Gasteiger charge is -2.12. The van der Waals surface area contributed by atoms with E-state index in [4.69, 9.17) is 4.74 Å². The Hall–Kier alpha value is -1.86. The highest BCUT2D eigenvalue weighted by Gasteiger charge is 2.10. The highest BCUT2D eigenvalue weighted by atomic mass is 79.9. The van der Waals surface area contributed by atoms with Crippen molar-refractivity contribution in [1.29, 1.82) is 0 Å². The zero-order valence-corrected chi connectivity index (χ0v) is 17.0. The maximum atomic E-state index is 12.1. The average molecular weight is 470 g/mol. The van der Waals surface area contributed by atoms with Crippen LogP contribution in [0.3, 0.4) is 0 Å². The highest BCUT2D eigenvalue weighted by molar-refractivity contribution is 9.11. The van der Waals surface area contributed by atoms with E-state index in [1.54, 1.807) is 31.3 Å². The van der Waals surface area contributed by atoms with E-state index in [0.29, 0.717) is 17.9 Å². The predicted molar refractivity (Wildman–Crippen MR) is 105 cm³/mol. The monoisotopic (exact) mass is 468 g/mol. The molecular formula is C18H18Br2N2O3. The van der Waals surface area contributed by atoms with Gasteiger partial charge in [-0.3, -0.25) is 9.59 Å². The van der Waals surface area contributed by atoms with Gasteiger partial charge < -0.3 is 15.4 Å². The Kier molecular flexibility index (Phi) is 7.01. The molecule has 2 aromatic carbocycles. The number of rotatable bonds is 6. The number of carbonyl (C=O) groups is 2. The van der Waals surface area contributed by atoms with Crippen LogP contribution in [0.2, 0.25) is 0 Å². The SMILES string of the molecule is CNC(=O)Cc1ccc(NC(=O)COc2c(C)cc(Br)cc2Br)cc1. The number of nitrogens with one attached hydrogen (secondary N) is 2. The van der Waals surface area contributed by atoms with E-state index < -0.39 is 0 Å². The molecule has 2 N–H and O–H groups in total. The van der Waals surface area contributed by atoms with Crippen molar-refractivity contribution in [3.8, 4) is 5.75 Å². The number of benzene rings is 2. The predicted octanol–water partition coefficient (Wildman–Crippen LogP) is 3.83. The third kappa shape index (κ3) is 5.86. The standard InChI is InChI=1S/C18H18Br2N2O3/c1-11-7-13(19)9-15(20)18(11)25-10-17(24)22-14-5-3-12(4-6-14)8-16(23)21-2/h3-7,9H,8,10H2,1-2H3,(H,21,23)(H,22,24). The molecule has 0 bridgehead atoms. The normalized spacial score (nSPS) is 10.2. The Morgan fingerprint density at radius 2 is 1.76 bits per heavy atom. The van der Waals surface area contributed by atoms with E-state index in [1.807, 2.05) is 19.1 Å². The molecule has 0 radical (unpaired) electrons. The smallest absolute Gasteiger partial charge is 0.262 e. The maximum Gasteiger partial charge on any atom is 0.262 e. The third-order valence-corrected chi connectivity index (χ3v) is 4.47. The Labute approximate surface area is 163 Å². The summed E-state index contributed by atoms with van der Waals surface area (Å²) in [6, 6.07) is 10.9. The summed E-state index contributed by atoms with van der Waals surface area (Å²) in [5.41, 5.74) is 2.46. The van der Waals surface area contributed by atoms with Crippen molar-refractivity contribution in [3.63, 3.8) is 0 Å². The topological polar surface area (TPSA) is 67.4 Å². The number of hydrogen-bond acceptors (Lipinski definition) is 3. The molecule has 5 nitrogen and oxygen atoms in total. The molecule has 0 fully saturated rings. The Bertz CT molecular complexity index is 753. The second-order valence-electron chi connectivity index (χ2n) is 5.42. The first-order chi connectivity index (χ1) is 11.9. The fraction of sp³-hybridized carbons (Fsp3) is 0.222. The van der Waals surface area contributed by atoms with Crippen molar-refractivity contribution >= 4 is 49.4 Å². The summed E-state index contributed by atoms with van der Waals surface area (Å²) in [6.45, 7) is 1.81. The highest BCUT2D eigenvalue weighted by Crippen LogP contribution is 2.32. The van der Waals surface area contributed by atoms with Gasteiger partial charge in [0.25, 0.3) is 5.91 Å². The number of carbonyl (C=O) groups excluding carboxylic acids is 2. The van der Waals surface area contributed by atoms with Gasteiger partial charge in [-0.2, -0.15) is 0 Å².